The van der Waals surface area contributed by atoms with Crippen LogP contribution in [0.4, 0.5) is 4.39 Å². The lowest BCUT2D eigenvalue weighted by atomic mass is 10.3. The second kappa shape index (κ2) is 3.72. The van der Waals surface area contributed by atoms with Crippen LogP contribution in [0.5, 0.6) is 0 Å². The minimum Gasteiger partial charge on any atom is -0.772 e. The van der Waals surface area contributed by atoms with E-state index in [0.717, 1.165) is 11.3 Å². The highest BCUT2D eigenvalue weighted by molar-refractivity contribution is 7.78. The van der Waals surface area contributed by atoms with E-state index < -0.39 is 11.1 Å². The van der Waals surface area contributed by atoms with E-state index in [1.807, 2.05) is 0 Å². The molecule has 0 N–H and O–H groups in total. The summed E-state index contributed by atoms with van der Waals surface area (Å²) >= 11 is -1.10. The molecule has 74 valence electrons. The number of hydrogen-bond donors (Lipinski definition) is 0. The summed E-state index contributed by atoms with van der Waals surface area (Å²) in [5.41, 5.74) is 0.510. The van der Waals surface area contributed by atoms with Crippen molar-refractivity contribution in [2.45, 2.75) is 5.75 Å². The number of thiazole rings is 1. The second-order valence-electron chi connectivity index (χ2n) is 2.64. The smallest absolute Gasteiger partial charge is 0.142 e. The highest BCUT2D eigenvalue weighted by atomic mass is 32.2. The Balaban J connectivity index is 2.51. The fraction of sp³-hybridized carbons (Fsp3) is 0.125. The summed E-state index contributed by atoms with van der Waals surface area (Å²) in [5.74, 6) is -0.512. The average molecular weight is 230 g/mol. The Morgan fingerprint density at radius 3 is 3.00 bits per heavy atom. The Kier molecular flexibility index (Phi) is 2.58. The molecular formula is C8H5FNO2S2-. The van der Waals surface area contributed by atoms with Gasteiger partial charge in [0.1, 0.15) is 10.8 Å². The van der Waals surface area contributed by atoms with Crippen molar-refractivity contribution in [2.75, 3.05) is 0 Å². The summed E-state index contributed by atoms with van der Waals surface area (Å²) < 4.78 is 34.4. The maximum absolute atomic E-state index is 13.2. The molecule has 0 aliphatic carbocycles. The van der Waals surface area contributed by atoms with Crippen molar-refractivity contribution < 1.29 is 13.2 Å². The molecule has 1 unspecified atom stereocenters. The van der Waals surface area contributed by atoms with Crippen LogP contribution in [0.25, 0.3) is 10.2 Å². The summed E-state index contributed by atoms with van der Waals surface area (Å²) in [5, 5.41) is 0.415. The molecule has 2 aromatic rings. The van der Waals surface area contributed by atoms with E-state index in [1.54, 1.807) is 12.1 Å². The second-order valence-corrected chi connectivity index (χ2v) is 4.62. The maximum atomic E-state index is 13.2. The largest absolute Gasteiger partial charge is 0.772 e. The average Bonchev–Trinajstić information content (AvgIpc) is 2.47. The standard InChI is InChI=1S/C8H6FNO2S2/c9-5-2-1-3-6-8(5)13-7(10-6)4-14(11)12/h1-3H,4H2,(H,11,12)/p-1. The van der Waals surface area contributed by atoms with Gasteiger partial charge < -0.3 is 4.55 Å². The Hall–Kier alpha value is -0.850. The van der Waals surface area contributed by atoms with Crippen molar-refractivity contribution >= 4 is 32.6 Å². The van der Waals surface area contributed by atoms with Gasteiger partial charge >= 0.3 is 0 Å². The Morgan fingerprint density at radius 1 is 1.57 bits per heavy atom. The predicted octanol–water partition coefficient (Wildman–Crippen LogP) is 1.81. The number of hydrogen-bond acceptors (Lipinski definition) is 4. The molecule has 1 atom stereocenters. The molecule has 0 radical (unpaired) electrons. The van der Waals surface area contributed by atoms with Crippen LogP contribution in [0.3, 0.4) is 0 Å². The SMILES string of the molecule is O=S([O-])Cc1nc2cccc(F)c2s1. The molecule has 0 aliphatic rings. The van der Waals surface area contributed by atoms with E-state index in [4.69, 9.17) is 0 Å². The molecule has 1 aromatic carbocycles. The number of halogens is 1. The third-order valence-electron chi connectivity index (χ3n) is 1.65. The normalized spacial score (nSPS) is 13.3. The van der Waals surface area contributed by atoms with Crippen molar-refractivity contribution in [1.82, 2.24) is 4.98 Å². The minimum atomic E-state index is -2.17. The Labute approximate surface area is 85.9 Å². The van der Waals surface area contributed by atoms with Crippen molar-refractivity contribution in [1.29, 1.82) is 0 Å². The third-order valence-corrected chi connectivity index (χ3v) is 3.42. The Morgan fingerprint density at radius 2 is 2.36 bits per heavy atom. The molecule has 0 amide bonds. The van der Waals surface area contributed by atoms with Crippen LogP contribution in [-0.4, -0.2) is 13.7 Å². The first-order valence-electron chi connectivity index (χ1n) is 3.76. The van der Waals surface area contributed by atoms with Gasteiger partial charge in [-0.3, -0.25) is 4.21 Å². The number of aromatic nitrogens is 1. The highest BCUT2D eigenvalue weighted by Gasteiger charge is 2.07. The van der Waals surface area contributed by atoms with Gasteiger partial charge in [-0.1, -0.05) is 6.07 Å². The van der Waals surface area contributed by atoms with Gasteiger partial charge in [-0.05, 0) is 23.2 Å². The van der Waals surface area contributed by atoms with Crippen LogP contribution >= 0.6 is 11.3 Å². The van der Waals surface area contributed by atoms with Gasteiger partial charge in [-0.2, -0.15) is 0 Å². The lowest BCUT2D eigenvalue weighted by Gasteiger charge is -1.98. The molecule has 1 aromatic heterocycles. The third kappa shape index (κ3) is 1.82. The number of nitrogens with zero attached hydrogens (tertiary/aromatic N) is 1. The molecule has 14 heavy (non-hydrogen) atoms. The van der Waals surface area contributed by atoms with Gasteiger partial charge in [0.05, 0.1) is 16.0 Å². The van der Waals surface area contributed by atoms with Gasteiger partial charge in [0.2, 0.25) is 0 Å². The zero-order chi connectivity index (χ0) is 10.1. The molecule has 0 saturated heterocycles. The quantitative estimate of drug-likeness (QED) is 0.739. The molecule has 0 aliphatic heterocycles. The van der Waals surface area contributed by atoms with E-state index in [0.29, 0.717) is 15.2 Å². The fourth-order valence-electron chi connectivity index (χ4n) is 1.12. The topological polar surface area (TPSA) is 53.0 Å². The van der Waals surface area contributed by atoms with E-state index in [-0.39, 0.29) is 11.6 Å². The van der Waals surface area contributed by atoms with Crippen LogP contribution in [0.1, 0.15) is 5.01 Å². The van der Waals surface area contributed by atoms with Crippen molar-refractivity contribution in [3.8, 4) is 0 Å². The highest BCUT2D eigenvalue weighted by Crippen LogP contribution is 2.25. The van der Waals surface area contributed by atoms with Crippen LogP contribution < -0.4 is 0 Å². The van der Waals surface area contributed by atoms with E-state index in [2.05, 4.69) is 4.98 Å². The molecule has 0 bridgehead atoms. The van der Waals surface area contributed by atoms with Crippen LogP contribution in [0.2, 0.25) is 0 Å². The first-order valence-corrected chi connectivity index (χ1v) is 5.82. The molecule has 3 nitrogen and oxygen atoms in total. The summed E-state index contributed by atoms with van der Waals surface area (Å²) in [4.78, 5) is 4.00. The number of fused-ring (bicyclic) bond motifs is 1. The molecule has 6 heteroatoms. The first-order chi connectivity index (χ1) is 6.66. The van der Waals surface area contributed by atoms with Gasteiger partial charge in [0.15, 0.2) is 0 Å². The molecular weight excluding hydrogens is 225 g/mol. The molecule has 0 fully saturated rings. The zero-order valence-corrected chi connectivity index (χ0v) is 8.53. The molecule has 0 saturated carbocycles. The summed E-state index contributed by atoms with van der Waals surface area (Å²) in [7, 11) is 0. The van der Waals surface area contributed by atoms with Crippen molar-refractivity contribution in [3.63, 3.8) is 0 Å². The lowest BCUT2D eigenvalue weighted by Crippen LogP contribution is -1.91. The monoisotopic (exact) mass is 230 g/mol. The number of benzene rings is 1. The molecule has 2 rings (SSSR count). The summed E-state index contributed by atoms with van der Waals surface area (Å²) in [6.45, 7) is 0. The van der Waals surface area contributed by atoms with Gasteiger partial charge in [-0.15, -0.1) is 11.3 Å². The van der Waals surface area contributed by atoms with Crippen LogP contribution in [0.15, 0.2) is 18.2 Å². The predicted molar refractivity (Wildman–Crippen MR) is 52.2 cm³/mol. The maximum Gasteiger partial charge on any atom is 0.142 e. The van der Waals surface area contributed by atoms with Crippen LogP contribution in [-0.2, 0) is 16.8 Å². The fourth-order valence-corrected chi connectivity index (χ4v) is 2.68. The summed E-state index contributed by atoms with van der Waals surface area (Å²) in [6.07, 6.45) is 0. The van der Waals surface area contributed by atoms with Crippen molar-refractivity contribution in [2.24, 2.45) is 0 Å². The summed E-state index contributed by atoms with van der Waals surface area (Å²) in [6, 6.07) is 4.54. The first kappa shape index (κ1) is 9.70. The Bertz CT molecular complexity index is 497. The van der Waals surface area contributed by atoms with Crippen molar-refractivity contribution in [3.05, 3.63) is 29.0 Å². The van der Waals surface area contributed by atoms with Gasteiger partial charge in [0, 0.05) is 0 Å². The lowest BCUT2D eigenvalue weighted by molar-refractivity contribution is 0.536. The van der Waals surface area contributed by atoms with E-state index in [1.165, 1.54) is 6.07 Å². The number of rotatable bonds is 2. The molecule has 0 spiro atoms. The zero-order valence-electron chi connectivity index (χ0n) is 6.90. The van der Waals surface area contributed by atoms with Gasteiger partial charge in [0.25, 0.3) is 0 Å². The van der Waals surface area contributed by atoms with E-state index >= 15 is 0 Å². The molecule has 1 heterocycles. The van der Waals surface area contributed by atoms with Crippen LogP contribution in [0, 0.1) is 5.82 Å². The minimum absolute atomic E-state index is 0.154. The van der Waals surface area contributed by atoms with Gasteiger partial charge in [-0.25, -0.2) is 9.37 Å². The van der Waals surface area contributed by atoms with E-state index in [9.17, 15) is 13.2 Å².